The molecule has 4 rings (SSSR count). The maximum atomic E-state index is 14.1. The second-order valence-corrected chi connectivity index (χ2v) is 10.3. The molecule has 44 heavy (non-hydrogen) atoms. The highest BCUT2D eigenvalue weighted by molar-refractivity contribution is 5.97. The Bertz CT molecular complexity index is 1680. The number of carbonyl (C=O) groups is 3. The molecule has 0 fully saturated rings. The number of fused-ring (bicyclic) bond motifs is 1. The van der Waals surface area contributed by atoms with Crippen molar-refractivity contribution in [2.75, 3.05) is 13.2 Å². The maximum Gasteiger partial charge on any atom is 0.307 e. The van der Waals surface area contributed by atoms with Gasteiger partial charge in [-0.2, -0.15) is 0 Å². The zero-order chi connectivity index (χ0) is 31.6. The number of aryl methyl sites for hydroxylation is 1. The van der Waals surface area contributed by atoms with Gasteiger partial charge >= 0.3 is 11.9 Å². The summed E-state index contributed by atoms with van der Waals surface area (Å²) in [5.41, 5.74) is 3.15. The summed E-state index contributed by atoms with van der Waals surface area (Å²) in [6.07, 6.45) is 7.10. The summed E-state index contributed by atoms with van der Waals surface area (Å²) in [6.45, 7) is 2.23. The molecule has 0 radical (unpaired) electrons. The molecule has 0 amide bonds. The van der Waals surface area contributed by atoms with Gasteiger partial charge in [-0.25, -0.2) is 8.78 Å². The molecule has 3 aromatic carbocycles. The van der Waals surface area contributed by atoms with Gasteiger partial charge in [0.1, 0.15) is 11.6 Å². The Balaban J connectivity index is 1.33. The van der Waals surface area contributed by atoms with Gasteiger partial charge in [-0.05, 0) is 67.1 Å². The van der Waals surface area contributed by atoms with Crippen LogP contribution in [0.25, 0.3) is 23.1 Å². The first-order chi connectivity index (χ1) is 21.1. The van der Waals surface area contributed by atoms with E-state index in [2.05, 4.69) is 0 Å². The van der Waals surface area contributed by atoms with Crippen LogP contribution in [0, 0.1) is 11.6 Å². The summed E-state index contributed by atoms with van der Waals surface area (Å²) in [5, 5.41) is 19.2. The SMILES string of the molecule is CC(=O)c1cc(F)cc(F)c1OCCCCOc1ccc(C=Cc2cccc3c2c(CC(=O)O)cn3CCCC(=O)O)cc1. The van der Waals surface area contributed by atoms with Gasteiger partial charge in [0.25, 0.3) is 0 Å². The number of hydrogen-bond acceptors (Lipinski definition) is 5. The van der Waals surface area contributed by atoms with Crippen LogP contribution in [0.5, 0.6) is 11.5 Å². The van der Waals surface area contributed by atoms with E-state index in [1.165, 1.54) is 6.92 Å². The van der Waals surface area contributed by atoms with Gasteiger partial charge in [0.05, 0.1) is 25.2 Å². The average molecular weight is 606 g/mol. The van der Waals surface area contributed by atoms with E-state index in [1.807, 2.05) is 59.2 Å². The minimum Gasteiger partial charge on any atom is -0.494 e. The van der Waals surface area contributed by atoms with E-state index in [-0.39, 0.29) is 30.8 Å². The average Bonchev–Trinajstić information content (AvgIpc) is 3.31. The molecule has 2 N–H and O–H groups in total. The summed E-state index contributed by atoms with van der Waals surface area (Å²) in [4.78, 5) is 34.1. The Morgan fingerprint density at radius 2 is 1.61 bits per heavy atom. The van der Waals surface area contributed by atoms with Crippen molar-refractivity contribution in [3.8, 4) is 11.5 Å². The van der Waals surface area contributed by atoms with Crippen LogP contribution >= 0.6 is 0 Å². The van der Waals surface area contributed by atoms with E-state index >= 15 is 0 Å². The summed E-state index contributed by atoms with van der Waals surface area (Å²) >= 11 is 0. The quantitative estimate of drug-likeness (QED) is 0.0801. The highest BCUT2D eigenvalue weighted by atomic mass is 19.1. The van der Waals surface area contributed by atoms with E-state index in [0.717, 1.165) is 28.1 Å². The molecule has 1 heterocycles. The lowest BCUT2D eigenvalue weighted by Gasteiger charge is -2.11. The maximum absolute atomic E-state index is 14.1. The van der Waals surface area contributed by atoms with Gasteiger partial charge in [-0.3, -0.25) is 14.4 Å². The van der Waals surface area contributed by atoms with E-state index in [1.54, 1.807) is 6.20 Å². The smallest absolute Gasteiger partial charge is 0.307 e. The van der Waals surface area contributed by atoms with Crippen LogP contribution in [-0.4, -0.2) is 45.7 Å². The molecule has 0 saturated heterocycles. The Kier molecular flexibility index (Phi) is 10.9. The summed E-state index contributed by atoms with van der Waals surface area (Å²) < 4.78 is 40.6. The number of aromatic nitrogens is 1. The van der Waals surface area contributed by atoms with Crippen molar-refractivity contribution in [2.24, 2.45) is 0 Å². The van der Waals surface area contributed by atoms with Gasteiger partial charge in [-0.1, -0.05) is 36.4 Å². The molecular formula is C34H33F2NO7. The molecule has 0 bridgehead atoms. The van der Waals surface area contributed by atoms with E-state index < -0.39 is 29.4 Å². The zero-order valence-corrected chi connectivity index (χ0v) is 24.2. The van der Waals surface area contributed by atoms with Crippen LogP contribution in [0.3, 0.4) is 0 Å². The number of benzene rings is 3. The van der Waals surface area contributed by atoms with Crippen LogP contribution in [0.1, 0.15) is 59.7 Å². The number of carboxylic acid groups (broad SMARTS) is 2. The van der Waals surface area contributed by atoms with Gasteiger partial charge < -0.3 is 24.3 Å². The monoisotopic (exact) mass is 605 g/mol. The molecule has 8 nitrogen and oxygen atoms in total. The lowest BCUT2D eigenvalue weighted by Crippen LogP contribution is -2.07. The lowest BCUT2D eigenvalue weighted by atomic mass is 10.0. The number of unbranched alkanes of at least 4 members (excludes halogenated alkanes) is 1. The van der Waals surface area contributed by atoms with Crippen molar-refractivity contribution in [1.29, 1.82) is 0 Å². The van der Waals surface area contributed by atoms with Crippen molar-refractivity contribution < 1.29 is 42.9 Å². The third kappa shape index (κ3) is 8.53. The molecule has 0 aliphatic heterocycles. The Morgan fingerprint density at radius 1 is 0.886 bits per heavy atom. The Morgan fingerprint density at radius 3 is 2.30 bits per heavy atom. The second kappa shape index (κ2) is 15.0. The highest BCUT2D eigenvalue weighted by Crippen LogP contribution is 2.29. The fourth-order valence-electron chi connectivity index (χ4n) is 4.89. The van der Waals surface area contributed by atoms with Crippen LogP contribution in [-0.2, 0) is 22.6 Å². The van der Waals surface area contributed by atoms with Crippen molar-refractivity contribution in [2.45, 2.75) is 45.6 Å². The Hall–Kier alpha value is -4.99. The van der Waals surface area contributed by atoms with Crippen LogP contribution in [0.4, 0.5) is 8.78 Å². The van der Waals surface area contributed by atoms with Gasteiger partial charge in [-0.15, -0.1) is 0 Å². The number of carboxylic acids is 2. The molecular weight excluding hydrogens is 572 g/mol. The third-order valence-electron chi connectivity index (χ3n) is 6.93. The van der Waals surface area contributed by atoms with Crippen molar-refractivity contribution >= 4 is 40.8 Å². The van der Waals surface area contributed by atoms with Gasteiger partial charge in [0, 0.05) is 36.1 Å². The van der Waals surface area contributed by atoms with Gasteiger partial charge in [0.15, 0.2) is 17.3 Å². The number of halogens is 2. The first-order valence-electron chi connectivity index (χ1n) is 14.2. The number of Topliss-reactive ketones (excluding diaryl/α,β-unsaturated/α-hetero) is 1. The number of ether oxygens (including phenoxy) is 2. The first-order valence-corrected chi connectivity index (χ1v) is 14.2. The van der Waals surface area contributed by atoms with Gasteiger partial charge in [0.2, 0.25) is 0 Å². The van der Waals surface area contributed by atoms with Crippen molar-refractivity contribution in [1.82, 2.24) is 4.57 Å². The van der Waals surface area contributed by atoms with E-state index in [4.69, 9.17) is 14.6 Å². The molecule has 1 aromatic heterocycles. The normalized spacial score (nSPS) is 11.2. The highest BCUT2D eigenvalue weighted by Gasteiger charge is 2.16. The predicted molar refractivity (Wildman–Crippen MR) is 162 cm³/mol. The molecule has 0 aliphatic rings. The van der Waals surface area contributed by atoms with Crippen LogP contribution < -0.4 is 9.47 Å². The van der Waals surface area contributed by atoms with Crippen LogP contribution in [0.2, 0.25) is 0 Å². The Labute approximate surface area is 253 Å². The largest absolute Gasteiger partial charge is 0.494 e. The first kappa shape index (κ1) is 31.9. The number of carbonyl (C=O) groups excluding carboxylic acids is 1. The third-order valence-corrected chi connectivity index (χ3v) is 6.93. The number of ketones is 1. The predicted octanol–water partition coefficient (Wildman–Crippen LogP) is 7.02. The molecule has 230 valence electrons. The minimum atomic E-state index is -0.944. The molecule has 0 saturated carbocycles. The molecule has 0 aliphatic carbocycles. The second-order valence-electron chi connectivity index (χ2n) is 10.3. The standard InChI is InChI=1S/C34H33F2NO7/c1-22(38)28-19-26(35)20-29(36)34(28)44-17-3-2-16-43-27-13-10-23(11-14-27)9-12-24-6-4-7-30-33(24)25(18-32(41)42)21-37(30)15-5-8-31(39)40/h4,6-7,9-14,19-21H,2-3,5,8,15-18H2,1H3,(H,39,40)(H,41,42). The fourth-order valence-corrected chi connectivity index (χ4v) is 4.89. The van der Waals surface area contributed by atoms with Crippen molar-refractivity contribution in [3.63, 3.8) is 0 Å². The van der Waals surface area contributed by atoms with Crippen LogP contribution in [0.15, 0.2) is 60.8 Å². The molecule has 10 heteroatoms. The van der Waals surface area contributed by atoms with Crippen molar-refractivity contribution in [3.05, 3.63) is 94.7 Å². The topological polar surface area (TPSA) is 115 Å². The number of aliphatic carboxylic acids is 2. The summed E-state index contributed by atoms with van der Waals surface area (Å²) in [7, 11) is 0. The lowest BCUT2D eigenvalue weighted by molar-refractivity contribution is -0.137. The number of hydrogen-bond donors (Lipinski definition) is 2. The molecule has 0 spiro atoms. The summed E-state index contributed by atoms with van der Waals surface area (Å²) in [5.74, 6) is -3.63. The fraction of sp³-hybridized carbons (Fsp3) is 0.265. The summed E-state index contributed by atoms with van der Waals surface area (Å²) in [6, 6.07) is 14.8. The molecule has 4 aromatic rings. The minimum absolute atomic E-state index is 0.0311. The molecule has 0 unspecified atom stereocenters. The number of rotatable bonds is 16. The van der Waals surface area contributed by atoms with E-state index in [9.17, 15) is 28.3 Å². The van der Waals surface area contributed by atoms with E-state index in [0.29, 0.717) is 49.8 Å². The number of nitrogens with zero attached hydrogens (tertiary/aromatic N) is 1. The zero-order valence-electron chi connectivity index (χ0n) is 24.2. The molecule has 0 atom stereocenters.